The van der Waals surface area contributed by atoms with Crippen molar-refractivity contribution in [1.29, 1.82) is 0 Å². The van der Waals surface area contributed by atoms with Gasteiger partial charge in [0.25, 0.3) is 0 Å². The summed E-state index contributed by atoms with van der Waals surface area (Å²) in [5.74, 6) is 0. The fourth-order valence-electron chi connectivity index (χ4n) is 4.03. The van der Waals surface area contributed by atoms with E-state index in [1.54, 1.807) is 23.3 Å². The maximum Gasteiger partial charge on any atom is -0.109 e. The fourth-order valence-corrected chi connectivity index (χ4v) is 5.37. The van der Waals surface area contributed by atoms with E-state index in [0.29, 0.717) is 0 Å². The average Bonchev–Trinajstić information content (AvgIpc) is 3.42. The van der Waals surface area contributed by atoms with Crippen molar-refractivity contribution in [3.63, 3.8) is 0 Å². The van der Waals surface area contributed by atoms with E-state index >= 15 is 0 Å². The van der Waals surface area contributed by atoms with E-state index in [1.165, 1.54) is 33.4 Å². The third kappa shape index (κ3) is 10.4. The van der Waals surface area contributed by atoms with Gasteiger partial charge in [-0.2, -0.15) is 29.8 Å². The molecule has 196 valence electrons. The molecule has 0 fully saturated rings. The van der Waals surface area contributed by atoms with Gasteiger partial charge in [0.2, 0.25) is 0 Å². The molecule has 0 nitrogen and oxygen atoms in total. The van der Waals surface area contributed by atoms with Crippen molar-refractivity contribution >= 4 is 5.43 Å². The minimum Gasteiger partial charge on any atom is -1.00 e. The van der Waals surface area contributed by atoms with Gasteiger partial charge < -0.3 is 24.8 Å². The number of hydrogen-bond acceptors (Lipinski definition) is 0. The SMILES string of the molecule is CC(C)(C)c1[c-]c2c(cc1)-c1ccc(C(C)(C)C)cc1C2.CC(C)[Si](=[Zr+2])C(C)C.[C-]1=CC=CC1.[Cl-].[Cl-]. The van der Waals surface area contributed by atoms with Gasteiger partial charge in [0.05, 0.1) is 0 Å². The van der Waals surface area contributed by atoms with Crippen molar-refractivity contribution in [2.45, 2.75) is 104 Å². The van der Waals surface area contributed by atoms with Crippen LogP contribution < -0.4 is 24.8 Å². The van der Waals surface area contributed by atoms with Gasteiger partial charge in [-0.1, -0.05) is 65.3 Å². The molecule has 2 aliphatic rings. The van der Waals surface area contributed by atoms with Gasteiger partial charge in [0, 0.05) is 0 Å². The van der Waals surface area contributed by atoms with E-state index in [2.05, 4.69) is 118 Å². The summed E-state index contributed by atoms with van der Waals surface area (Å²) in [6, 6.07) is 15.2. The first kappa shape index (κ1) is 35.6. The van der Waals surface area contributed by atoms with Crippen molar-refractivity contribution < 1.29 is 48.1 Å². The van der Waals surface area contributed by atoms with Crippen molar-refractivity contribution in [2.75, 3.05) is 0 Å². The number of allylic oxidation sites excluding steroid dienone is 4. The van der Waals surface area contributed by atoms with E-state index in [-0.39, 0.29) is 41.1 Å². The van der Waals surface area contributed by atoms with Crippen molar-refractivity contribution in [3.8, 4) is 11.1 Å². The van der Waals surface area contributed by atoms with Gasteiger partial charge in [0.15, 0.2) is 0 Å². The zero-order valence-electron chi connectivity index (χ0n) is 23.9. The molecule has 2 aromatic carbocycles. The number of halogens is 2. The Labute approximate surface area is 250 Å². The van der Waals surface area contributed by atoms with Crippen LogP contribution >= 0.6 is 0 Å². The van der Waals surface area contributed by atoms with Gasteiger partial charge in [-0.05, 0) is 28.4 Å². The Kier molecular flexibility index (Phi) is 15.1. The second kappa shape index (κ2) is 15.3. The van der Waals surface area contributed by atoms with Crippen molar-refractivity contribution in [1.82, 2.24) is 0 Å². The first-order valence-corrected chi connectivity index (χ1v) is 18.1. The van der Waals surface area contributed by atoms with Gasteiger partial charge in [-0.25, -0.2) is 12.2 Å². The maximum absolute atomic E-state index is 3.67. The Morgan fingerprint density at radius 1 is 0.833 bits per heavy atom. The molecular formula is C32H44Cl2SiZr-2. The number of hydrogen-bond donors (Lipinski definition) is 0. The van der Waals surface area contributed by atoms with Gasteiger partial charge in [-0.15, -0.1) is 17.5 Å². The summed E-state index contributed by atoms with van der Waals surface area (Å²) < 4.78 is 0. The number of benzene rings is 2. The molecule has 0 heterocycles. The van der Waals surface area contributed by atoms with Crippen LogP contribution in [0.2, 0.25) is 11.1 Å². The number of rotatable bonds is 2. The van der Waals surface area contributed by atoms with Crippen LogP contribution in [0, 0.1) is 12.1 Å². The van der Waals surface area contributed by atoms with Crippen LogP contribution in [0.15, 0.2) is 48.6 Å². The first-order chi connectivity index (χ1) is 15.7. The summed E-state index contributed by atoms with van der Waals surface area (Å²) >= 11 is 1.80. The zero-order valence-corrected chi connectivity index (χ0v) is 28.9. The molecule has 0 amide bonds. The summed E-state index contributed by atoms with van der Waals surface area (Å²) in [5.41, 5.74) is 10.7. The Bertz CT molecular complexity index is 969. The van der Waals surface area contributed by atoms with Crippen LogP contribution in [0.4, 0.5) is 0 Å². The van der Waals surface area contributed by atoms with E-state index < -0.39 is 0 Å². The van der Waals surface area contributed by atoms with Crippen molar-refractivity contribution in [3.05, 3.63) is 83.0 Å². The predicted molar refractivity (Wildman–Crippen MR) is 148 cm³/mol. The van der Waals surface area contributed by atoms with E-state index in [1.807, 2.05) is 12.2 Å². The molecule has 0 saturated carbocycles. The molecule has 0 atom stereocenters. The van der Waals surface area contributed by atoms with Gasteiger partial charge >= 0.3 is 67.5 Å². The average molecular weight is 619 g/mol. The van der Waals surface area contributed by atoms with E-state index in [0.717, 1.165) is 23.9 Å². The first-order valence-electron chi connectivity index (χ1n) is 12.7. The van der Waals surface area contributed by atoms with Gasteiger partial charge in [0.1, 0.15) is 0 Å². The summed E-state index contributed by atoms with van der Waals surface area (Å²) in [6.45, 7) is 23.0. The third-order valence-corrected chi connectivity index (χ3v) is 17.3. The van der Waals surface area contributed by atoms with Crippen LogP contribution in [-0.4, -0.2) is 5.43 Å². The maximum atomic E-state index is 3.67. The second-order valence-corrected chi connectivity index (χ2v) is 19.6. The molecule has 0 spiro atoms. The molecule has 0 unspecified atom stereocenters. The molecule has 0 radical (unpaired) electrons. The monoisotopic (exact) mass is 616 g/mol. The Hall–Kier alpha value is -0.400. The predicted octanol–water partition coefficient (Wildman–Crippen LogP) is 3.31. The molecule has 2 aromatic rings. The molecule has 4 heteroatoms. The third-order valence-electron chi connectivity index (χ3n) is 6.29. The normalized spacial score (nSPS) is 13.1. The molecule has 0 saturated heterocycles. The minimum atomic E-state index is 0. The Balaban J connectivity index is 0.000000681. The molecule has 0 aliphatic heterocycles. The van der Waals surface area contributed by atoms with Crippen LogP contribution in [0.3, 0.4) is 0 Å². The van der Waals surface area contributed by atoms with Crippen LogP contribution in [0.5, 0.6) is 0 Å². The standard InChI is InChI=1S/C21H25.C6H14Si.C5H5.2ClH.Zr/c1-20(2,3)16-7-9-18-14(12-16)11-15-13-17(21(4,5)6)8-10-19(15)18;1-5(2)7-6(3)4;1-2-4-5-3-1;;;/h7-10,12H,11H2,1-6H3;5-6H,1-4H3;1-3H,4H2;2*1H;/q-1;;-1;;;+2/p-2. The smallest absolute Gasteiger partial charge is 0.109 e. The molecular weight excluding hydrogens is 575 g/mol. The Morgan fingerprint density at radius 2 is 1.42 bits per heavy atom. The largest absolute Gasteiger partial charge is 1.00 e. The summed E-state index contributed by atoms with van der Waals surface area (Å²) in [4.78, 5) is 0. The molecule has 36 heavy (non-hydrogen) atoms. The second-order valence-electron chi connectivity index (χ2n) is 12.1. The fraction of sp³-hybridized carbons (Fsp3) is 0.500. The quantitative estimate of drug-likeness (QED) is 0.306. The Morgan fingerprint density at radius 3 is 1.81 bits per heavy atom. The van der Waals surface area contributed by atoms with E-state index in [9.17, 15) is 0 Å². The topological polar surface area (TPSA) is 0 Å². The van der Waals surface area contributed by atoms with Crippen LogP contribution in [0.25, 0.3) is 11.1 Å². The van der Waals surface area contributed by atoms with Crippen molar-refractivity contribution in [2.24, 2.45) is 0 Å². The molecule has 0 bridgehead atoms. The van der Waals surface area contributed by atoms with E-state index in [4.69, 9.17) is 0 Å². The summed E-state index contributed by atoms with van der Waals surface area (Å²) in [6.07, 6.45) is 11.0. The van der Waals surface area contributed by atoms with Crippen LogP contribution in [-0.2, 0) is 40.6 Å². The van der Waals surface area contributed by atoms with Crippen LogP contribution in [0.1, 0.15) is 97.9 Å². The molecule has 2 aliphatic carbocycles. The number of fused-ring (bicyclic) bond motifs is 3. The summed E-state index contributed by atoms with van der Waals surface area (Å²) in [5, 5.41) is 0. The van der Waals surface area contributed by atoms with Gasteiger partial charge in [-0.3, -0.25) is 6.08 Å². The summed E-state index contributed by atoms with van der Waals surface area (Å²) in [7, 11) is 0. The molecule has 0 N–H and O–H groups in total. The molecule has 4 rings (SSSR count). The molecule has 0 aromatic heterocycles. The zero-order chi connectivity index (χ0) is 25.7. The minimum absolute atomic E-state index is 0.